The highest BCUT2D eigenvalue weighted by Gasteiger charge is 2.10. The van der Waals surface area contributed by atoms with Crippen LogP contribution in [0.25, 0.3) is 0 Å². The van der Waals surface area contributed by atoms with E-state index in [1.54, 1.807) is 0 Å². The van der Waals surface area contributed by atoms with Gasteiger partial charge in [0.05, 0.1) is 12.3 Å². The number of hydrogen-bond donors (Lipinski definition) is 1. The van der Waals surface area contributed by atoms with Crippen molar-refractivity contribution < 1.29 is 4.74 Å². The van der Waals surface area contributed by atoms with Gasteiger partial charge in [-0.05, 0) is 37.0 Å². The largest absolute Gasteiger partial charge is 0.491 e. The molecule has 0 aliphatic carbocycles. The number of anilines is 1. The maximum absolute atomic E-state index is 5.82. The summed E-state index contributed by atoms with van der Waals surface area (Å²) in [6.07, 6.45) is 3.13. The summed E-state index contributed by atoms with van der Waals surface area (Å²) in [5, 5.41) is 3.63. The second-order valence-corrected chi connectivity index (χ2v) is 5.28. The molecule has 2 nitrogen and oxygen atoms in total. The maximum atomic E-state index is 5.82. The van der Waals surface area contributed by atoms with Crippen LogP contribution in [0.3, 0.4) is 0 Å². The molecule has 0 heterocycles. The van der Waals surface area contributed by atoms with Crippen LogP contribution < -0.4 is 10.1 Å². The van der Waals surface area contributed by atoms with Crippen LogP contribution in [0.15, 0.2) is 54.6 Å². The van der Waals surface area contributed by atoms with Crippen molar-refractivity contribution in [1.29, 1.82) is 0 Å². The molecule has 0 spiro atoms. The Bertz CT molecular complexity index is 524. The normalized spacial score (nSPS) is 11.9. The molecule has 0 amide bonds. The molecule has 2 heteroatoms. The summed E-state index contributed by atoms with van der Waals surface area (Å²) < 4.78 is 5.82. The minimum absolute atomic E-state index is 0.416. The van der Waals surface area contributed by atoms with E-state index < -0.39 is 0 Å². The fraction of sp³-hybridized carbons (Fsp3) is 0.368. The van der Waals surface area contributed by atoms with Crippen LogP contribution in [0, 0.1) is 0 Å². The van der Waals surface area contributed by atoms with Gasteiger partial charge < -0.3 is 10.1 Å². The van der Waals surface area contributed by atoms with Crippen molar-refractivity contribution in [3.63, 3.8) is 0 Å². The van der Waals surface area contributed by atoms with Gasteiger partial charge in [-0.1, -0.05) is 56.3 Å². The molecule has 0 aliphatic heterocycles. The average molecular weight is 283 g/mol. The summed E-state index contributed by atoms with van der Waals surface area (Å²) in [5.41, 5.74) is 2.46. The number of hydrogen-bond acceptors (Lipinski definition) is 2. The number of nitrogens with one attached hydrogen (secondary N) is 1. The topological polar surface area (TPSA) is 21.3 Å². The molecule has 1 unspecified atom stereocenters. The third kappa shape index (κ3) is 4.82. The molecule has 0 bridgehead atoms. The van der Waals surface area contributed by atoms with Crippen molar-refractivity contribution in [3.05, 3.63) is 60.2 Å². The summed E-state index contributed by atoms with van der Waals surface area (Å²) in [6.45, 7) is 5.10. The van der Waals surface area contributed by atoms with Gasteiger partial charge in [-0.15, -0.1) is 0 Å². The lowest BCUT2D eigenvalue weighted by molar-refractivity contribution is 0.318. The first-order chi connectivity index (χ1) is 10.3. The first-order valence-electron chi connectivity index (χ1n) is 7.85. The van der Waals surface area contributed by atoms with Crippen LogP contribution in [0.1, 0.15) is 32.3 Å². The molecular formula is C19H25NO. The van der Waals surface area contributed by atoms with E-state index in [2.05, 4.69) is 61.6 Å². The maximum Gasteiger partial charge on any atom is 0.142 e. The van der Waals surface area contributed by atoms with E-state index in [1.165, 1.54) is 5.56 Å². The minimum atomic E-state index is 0.416. The van der Waals surface area contributed by atoms with Gasteiger partial charge in [-0.25, -0.2) is 0 Å². The first kappa shape index (κ1) is 15.4. The lowest BCUT2D eigenvalue weighted by Gasteiger charge is -2.20. The molecule has 0 saturated heterocycles. The number of benzene rings is 2. The molecule has 21 heavy (non-hydrogen) atoms. The zero-order valence-electron chi connectivity index (χ0n) is 13.0. The van der Waals surface area contributed by atoms with E-state index in [4.69, 9.17) is 4.74 Å². The Morgan fingerprint density at radius 2 is 1.67 bits per heavy atom. The minimum Gasteiger partial charge on any atom is -0.491 e. The fourth-order valence-corrected chi connectivity index (χ4v) is 2.34. The van der Waals surface area contributed by atoms with E-state index in [1.807, 2.05) is 12.1 Å². The highest BCUT2D eigenvalue weighted by Crippen LogP contribution is 2.25. The molecule has 1 N–H and O–H groups in total. The van der Waals surface area contributed by atoms with Crippen molar-refractivity contribution in [3.8, 4) is 5.75 Å². The van der Waals surface area contributed by atoms with Gasteiger partial charge in [0.1, 0.15) is 5.75 Å². The van der Waals surface area contributed by atoms with Crippen molar-refractivity contribution in [2.24, 2.45) is 0 Å². The third-order valence-corrected chi connectivity index (χ3v) is 3.53. The van der Waals surface area contributed by atoms with Crippen molar-refractivity contribution >= 4 is 5.69 Å². The second-order valence-electron chi connectivity index (χ2n) is 5.28. The highest BCUT2D eigenvalue weighted by molar-refractivity contribution is 5.56. The van der Waals surface area contributed by atoms with Crippen LogP contribution >= 0.6 is 0 Å². The Morgan fingerprint density at radius 3 is 2.38 bits per heavy atom. The Balaban J connectivity index is 2.04. The number of para-hydroxylation sites is 2. The molecule has 0 aliphatic rings. The molecule has 0 fully saturated rings. The van der Waals surface area contributed by atoms with E-state index in [0.29, 0.717) is 6.04 Å². The fourth-order valence-electron chi connectivity index (χ4n) is 2.34. The van der Waals surface area contributed by atoms with Crippen LogP contribution in [0.5, 0.6) is 5.75 Å². The van der Waals surface area contributed by atoms with Crippen molar-refractivity contribution in [2.45, 2.75) is 39.2 Å². The second kappa shape index (κ2) is 8.35. The molecule has 2 aromatic carbocycles. The van der Waals surface area contributed by atoms with Crippen LogP contribution in [-0.2, 0) is 6.42 Å². The van der Waals surface area contributed by atoms with E-state index >= 15 is 0 Å². The number of ether oxygens (including phenoxy) is 1. The van der Waals surface area contributed by atoms with Gasteiger partial charge >= 0.3 is 0 Å². The summed E-state index contributed by atoms with van der Waals surface area (Å²) in [6, 6.07) is 19.2. The lowest BCUT2D eigenvalue weighted by Crippen LogP contribution is -2.21. The van der Waals surface area contributed by atoms with Crippen LogP contribution in [-0.4, -0.2) is 12.6 Å². The standard InChI is InChI=1S/C19H25NO/c1-3-14-21-19-13-9-8-12-18(19)20-17(4-2)15-16-10-6-5-7-11-16/h5-13,17,20H,3-4,14-15H2,1-2H3. The quantitative estimate of drug-likeness (QED) is 0.743. The average Bonchev–Trinajstić information content (AvgIpc) is 2.54. The van der Waals surface area contributed by atoms with Gasteiger partial charge in [0.15, 0.2) is 0 Å². The van der Waals surface area contributed by atoms with E-state index in [9.17, 15) is 0 Å². The number of rotatable bonds is 8. The Labute approximate surface area is 128 Å². The Morgan fingerprint density at radius 1 is 0.952 bits per heavy atom. The van der Waals surface area contributed by atoms with Gasteiger partial charge in [0, 0.05) is 6.04 Å². The summed E-state index contributed by atoms with van der Waals surface area (Å²) in [4.78, 5) is 0. The predicted octanol–water partition coefficient (Wildman–Crippen LogP) is 4.91. The first-order valence-corrected chi connectivity index (χ1v) is 7.85. The molecule has 2 rings (SSSR count). The van der Waals surface area contributed by atoms with Gasteiger partial charge in [-0.2, -0.15) is 0 Å². The molecule has 112 valence electrons. The molecular weight excluding hydrogens is 258 g/mol. The Hall–Kier alpha value is -1.96. The SMILES string of the molecule is CCCOc1ccccc1NC(CC)Cc1ccccc1. The summed E-state index contributed by atoms with van der Waals surface area (Å²) >= 11 is 0. The third-order valence-electron chi connectivity index (χ3n) is 3.53. The predicted molar refractivity (Wildman–Crippen MR) is 90.1 cm³/mol. The van der Waals surface area contributed by atoms with Gasteiger partial charge in [0.25, 0.3) is 0 Å². The molecule has 0 radical (unpaired) electrons. The van der Waals surface area contributed by atoms with E-state index in [0.717, 1.165) is 37.3 Å². The monoisotopic (exact) mass is 283 g/mol. The van der Waals surface area contributed by atoms with Crippen molar-refractivity contribution in [1.82, 2.24) is 0 Å². The molecule has 1 atom stereocenters. The Kier molecular flexibility index (Phi) is 6.14. The summed E-state index contributed by atoms with van der Waals surface area (Å²) in [5.74, 6) is 0.950. The van der Waals surface area contributed by atoms with Crippen LogP contribution in [0.4, 0.5) is 5.69 Å². The molecule has 0 saturated carbocycles. The lowest BCUT2D eigenvalue weighted by atomic mass is 10.0. The smallest absolute Gasteiger partial charge is 0.142 e. The zero-order chi connectivity index (χ0) is 14.9. The highest BCUT2D eigenvalue weighted by atomic mass is 16.5. The van der Waals surface area contributed by atoms with Gasteiger partial charge in [0.2, 0.25) is 0 Å². The molecule has 0 aromatic heterocycles. The molecule has 2 aromatic rings. The zero-order valence-corrected chi connectivity index (χ0v) is 13.0. The van der Waals surface area contributed by atoms with Crippen molar-refractivity contribution in [2.75, 3.05) is 11.9 Å². The van der Waals surface area contributed by atoms with Crippen LogP contribution in [0.2, 0.25) is 0 Å². The van der Waals surface area contributed by atoms with E-state index in [-0.39, 0.29) is 0 Å². The summed E-state index contributed by atoms with van der Waals surface area (Å²) in [7, 11) is 0. The van der Waals surface area contributed by atoms with Gasteiger partial charge in [-0.3, -0.25) is 0 Å².